The Morgan fingerprint density at radius 3 is 2.71 bits per heavy atom. The van der Waals surface area contributed by atoms with Gasteiger partial charge in [-0.15, -0.1) is 11.6 Å². The molecule has 0 saturated heterocycles. The highest BCUT2D eigenvalue weighted by Gasteiger charge is 2.31. The summed E-state index contributed by atoms with van der Waals surface area (Å²) in [5.74, 6) is 0.260. The summed E-state index contributed by atoms with van der Waals surface area (Å²) in [6.45, 7) is 6.88. The second-order valence-corrected chi connectivity index (χ2v) is 7.23. The minimum Gasteiger partial charge on any atom is -0.444 e. The molecule has 2 heterocycles. The summed E-state index contributed by atoms with van der Waals surface area (Å²) in [7, 11) is 1.82. The molecule has 0 spiro atoms. The van der Waals surface area contributed by atoms with Crippen molar-refractivity contribution in [3.05, 3.63) is 17.0 Å². The average molecular weight is 357 g/mol. The first-order chi connectivity index (χ1) is 11.2. The number of amides is 2. The predicted octanol–water partition coefficient (Wildman–Crippen LogP) is 2.07. The molecule has 24 heavy (non-hydrogen) atoms. The van der Waals surface area contributed by atoms with Crippen molar-refractivity contribution in [1.29, 1.82) is 0 Å². The van der Waals surface area contributed by atoms with Gasteiger partial charge in [0.25, 0.3) is 5.91 Å². The van der Waals surface area contributed by atoms with E-state index in [0.717, 1.165) is 11.3 Å². The maximum Gasteiger partial charge on any atom is 0.410 e. The Balaban J connectivity index is 2.14. The van der Waals surface area contributed by atoms with Crippen LogP contribution < -0.4 is 5.32 Å². The molecule has 0 atom stereocenters. The first kappa shape index (κ1) is 18.6. The normalized spacial score (nSPS) is 14.3. The number of rotatable bonds is 4. The van der Waals surface area contributed by atoms with E-state index in [0.29, 0.717) is 44.0 Å². The topological polar surface area (TPSA) is 76.5 Å². The van der Waals surface area contributed by atoms with Crippen molar-refractivity contribution in [3.8, 4) is 0 Å². The molecule has 0 radical (unpaired) electrons. The zero-order chi connectivity index (χ0) is 17.9. The van der Waals surface area contributed by atoms with Crippen molar-refractivity contribution in [2.75, 3.05) is 19.0 Å². The number of hydrogen-bond acceptors (Lipinski definition) is 4. The van der Waals surface area contributed by atoms with Gasteiger partial charge in [-0.3, -0.25) is 9.48 Å². The standard InChI is InChI=1S/C16H25ClN4O3/c1-16(2,3)24-15(23)21-9-6-12-11(10-21)13(19-20(12)4)14(22)18-8-5-7-17/h5-10H2,1-4H3,(H,18,22). The number of aryl methyl sites for hydroxylation is 1. The number of nitrogens with zero attached hydrogens (tertiary/aromatic N) is 3. The van der Waals surface area contributed by atoms with Crippen molar-refractivity contribution in [2.45, 2.75) is 45.8 Å². The van der Waals surface area contributed by atoms with Crippen LogP contribution in [0.2, 0.25) is 0 Å². The third-order valence-corrected chi connectivity index (χ3v) is 3.97. The summed E-state index contributed by atoms with van der Waals surface area (Å²) in [5, 5.41) is 7.14. The summed E-state index contributed by atoms with van der Waals surface area (Å²) in [4.78, 5) is 26.2. The SMILES string of the molecule is Cn1nc(C(=O)NCCCCl)c2c1CCN(C(=O)OC(C)(C)C)C2. The monoisotopic (exact) mass is 356 g/mol. The van der Waals surface area contributed by atoms with Gasteiger partial charge in [-0.05, 0) is 27.2 Å². The van der Waals surface area contributed by atoms with Gasteiger partial charge in [-0.25, -0.2) is 4.79 Å². The molecular weight excluding hydrogens is 332 g/mol. The van der Waals surface area contributed by atoms with E-state index >= 15 is 0 Å². The van der Waals surface area contributed by atoms with Crippen molar-refractivity contribution < 1.29 is 14.3 Å². The number of hydrogen-bond donors (Lipinski definition) is 1. The van der Waals surface area contributed by atoms with E-state index in [9.17, 15) is 9.59 Å². The van der Waals surface area contributed by atoms with Crippen LogP contribution in [0.5, 0.6) is 0 Å². The summed E-state index contributed by atoms with van der Waals surface area (Å²) in [6, 6.07) is 0. The maximum atomic E-state index is 12.3. The Kier molecular flexibility index (Phi) is 5.74. The highest BCUT2D eigenvalue weighted by molar-refractivity contribution is 6.17. The first-order valence-corrected chi connectivity index (χ1v) is 8.63. The third kappa shape index (κ3) is 4.41. The molecule has 0 fully saturated rings. The molecule has 8 heteroatoms. The molecule has 0 aromatic carbocycles. The molecule has 134 valence electrons. The van der Waals surface area contributed by atoms with Crippen LogP contribution in [-0.2, 0) is 24.8 Å². The van der Waals surface area contributed by atoms with Crippen LogP contribution >= 0.6 is 11.6 Å². The number of halogens is 1. The van der Waals surface area contributed by atoms with E-state index in [4.69, 9.17) is 16.3 Å². The fourth-order valence-electron chi connectivity index (χ4n) is 2.61. The lowest BCUT2D eigenvalue weighted by molar-refractivity contribution is 0.0221. The Hall–Kier alpha value is -1.76. The van der Waals surface area contributed by atoms with Gasteiger partial charge < -0.3 is 15.0 Å². The summed E-state index contributed by atoms with van der Waals surface area (Å²) in [5.41, 5.74) is 1.60. The average Bonchev–Trinajstić information content (AvgIpc) is 2.82. The third-order valence-electron chi connectivity index (χ3n) is 3.71. The predicted molar refractivity (Wildman–Crippen MR) is 91.2 cm³/mol. The van der Waals surface area contributed by atoms with Gasteiger partial charge in [-0.2, -0.15) is 5.10 Å². The molecule has 1 aliphatic heterocycles. The van der Waals surface area contributed by atoms with Crippen LogP contribution in [0, 0.1) is 0 Å². The summed E-state index contributed by atoms with van der Waals surface area (Å²) < 4.78 is 7.14. The molecule has 0 aliphatic carbocycles. The van der Waals surface area contributed by atoms with Crippen molar-refractivity contribution >= 4 is 23.6 Å². The molecule has 1 N–H and O–H groups in total. The zero-order valence-corrected chi connectivity index (χ0v) is 15.4. The Morgan fingerprint density at radius 2 is 2.08 bits per heavy atom. The smallest absolute Gasteiger partial charge is 0.410 e. The fourth-order valence-corrected chi connectivity index (χ4v) is 2.74. The van der Waals surface area contributed by atoms with E-state index in [1.807, 2.05) is 27.8 Å². The van der Waals surface area contributed by atoms with Gasteiger partial charge in [0.05, 0.1) is 6.54 Å². The van der Waals surface area contributed by atoms with Crippen LogP contribution in [0.1, 0.15) is 48.9 Å². The molecule has 1 aliphatic rings. The van der Waals surface area contributed by atoms with Gasteiger partial charge in [0.15, 0.2) is 5.69 Å². The molecule has 7 nitrogen and oxygen atoms in total. The molecular formula is C16H25ClN4O3. The molecule has 1 aromatic heterocycles. The maximum absolute atomic E-state index is 12.3. The lowest BCUT2D eigenvalue weighted by Gasteiger charge is -2.30. The highest BCUT2D eigenvalue weighted by atomic mass is 35.5. The van der Waals surface area contributed by atoms with Gasteiger partial charge in [0.1, 0.15) is 5.60 Å². The highest BCUT2D eigenvalue weighted by Crippen LogP contribution is 2.23. The van der Waals surface area contributed by atoms with Gasteiger partial charge >= 0.3 is 6.09 Å². The lowest BCUT2D eigenvalue weighted by Crippen LogP contribution is -2.40. The van der Waals surface area contributed by atoms with Crippen LogP contribution in [-0.4, -0.2) is 51.3 Å². The number of ether oxygens (including phenoxy) is 1. The minimum absolute atomic E-state index is 0.233. The zero-order valence-electron chi connectivity index (χ0n) is 14.7. The second kappa shape index (κ2) is 7.42. The van der Waals surface area contributed by atoms with E-state index in [1.54, 1.807) is 9.58 Å². The van der Waals surface area contributed by atoms with Crippen molar-refractivity contribution in [3.63, 3.8) is 0 Å². The molecule has 1 aromatic rings. The molecule has 2 rings (SSSR count). The van der Waals surface area contributed by atoms with Crippen LogP contribution in [0.15, 0.2) is 0 Å². The largest absolute Gasteiger partial charge is 0.444 e. The Bertz CT molecular complexity index is 622. The Labute approximate surface area is 147 Å². The van der Waals surface area contributed by atoms with Gasteiger partial charge in [0, 0.05) is 43.7 Å². The van der Waals surface area contributed by atoms with E-state index in [2.05, 4.69) is 10.4 Å². The molecule has 0 saturated carbocycles. The summed E-state index contributed by atoms with van der Waals surface area (Å²) in [6.07, 6.45) is 0.977. The molecule has 2 amide bonds. The minimum atomic E-state index is -0.548. The number of carbonyl (C=O) groups excluding carboxylic acids is 2. The Morgan fingerprint density at radius 1 is 1.38 bits per heavy atom. The number of carbonyl (C=O) groups is 2. The van der Waals surface area contributed by atoms with Crippen molar-refractivity contribution in [2.24, 2.45) is 7.05 Å². The fraction of sp³-hybridized carbons (Fsp3) is 0.688. The van der Waals surface area contributed by atoms with Gasteiger partial charge in [0.2, 0.25) is 0 Å². The van der Waals surface area contributed by atoms with E-state index in [1.165, 1.54) is 0 Å². The van der Waals surface area contributed by atoms with Crippen molar-refractivity contribution in [1.82, 2.24) is 20.0 Å². The molecule has 0 unspecified atom stereocenters. The van der Waals surface area contributed by atoms with Crippen LogP contribution in [0.25, 0.3) is 0 Å². The van der Waals surface area contributed by atoms with Crippen LogP contribution in [0.4, 0.5) is 4.79 Å². The van der Waals surface area contributed by atoms with Crippen LogP contribution in [0.3, 0.4) is 0 Å². The lowest BCUT2D eigenvalue weighted by atomic mass is 10.1. The summed E-state index contributed by atoms with van der Waals surface area (Å²) >= 11 is 5.63. The number of fused-ring (bicyclic) bond motifs is 1. The van der Waals surface area contributed by atoms with E-state index in [-0.39, 0.29) is 12.0 Å². The number of alkyl halides is 1. The second-order valence-electron chi connectivity index (χ2n) is 6.85. The number of nitrogens with one attached hydrogen (secondary N) is 1. The quantitative estimate of drug-likeness (QED) is 0.662. The first-order valence-electron chi connectivity index (χ1n) is 8.09. The van der Waals surface area contributed by atoms with Gasteiger partial charge in [-0.1, -0.05) is 0 Å². The van der Waals surface area contributed by atoms with E-state index < -0.39 is 5.60 Å². The number of aromatic nitrogens is 2. The molecule has 0 bridgehead atoms.